The molecule has 3 N–H and O–H groups in total. The molecule has 2 heterocycles. The molecule has 1 unspecified atom stereocenters. The Morgan fingerprint density at radius 1 is 1.43 bits per heavy atom. The summed E-state index contributed by atoms with van der Waals surface area (Å²) < 4.78 is 0. The summed E-state index contributed by atoms with van der Waals surface area (Å²) in [5, 5.41) is 20.5. The van der Waals surface area contributed by atoms with Crippen LogP contribution in [0.5, 0.6) is 0 Å². The maximum atomic E-state index is 9.10. The van der Waals surface area contributed by atoms with Gasteiger partial charge in [0.2, 0.25) is 0 Å². The van der Waals surface area contributed by atoms with Gasteiger partial charge in [-0.25, -0.2) is 9.59 Å². The molecule has 1 atom stereocenters. The van der Waals surface area contributed by atoms with Crippen LogP contribution in [0.3, 0.4) is 0 Å². The third-order valence-corrected chi connectivity index (χ3v) is 4.22. The molecule has 0 bridgehead atoms. The summed E-state index contributed by atoms with van der Waals surface area (Å²) in [5.74, 6) is -3.65. The second-order valence-electron chi connectivity index (χ2n) is 4.75. The number of likely N-dealkylation sites (tertiary alicyclic amines) is 1. The average Bonchev–Trinajstić information content (AvgIpc) is 3.10. The van der Waals surface area contributed by atoms with Gasteiger partial charge in [-0.05, 0) is 37.4 Å². The summed E-state index contributed by atoms with van der Waals surface area (Å²) in [7, 11) is 0. The van der Waals surface area contributed by atoms with Gasteiger partial charge in [-0.3, -0.25) is 4.90 Å². The first-order chi connectivity index (χ1) is 10.0. The molecule has 1 aromatic heterocycles. The third-order valence-electron chi connectivity index (χ3n) is 3.35. The number of carbonyl (C=O) groups is 2. The van der Waals surface area contributed by atoms with Crippen molar-refractivity contribution in [2.24, 2.45) is 0 Å². The fourth-order valence-electron chi connectivity index (χ4n) is 2.32. The number of nitrogens with zero attached hydrogens (tertiary/aromatic N) is 1. The van der Waals surface area contributed by atoms with E-state index in [0.29, 0.717) is 0 Å². The molecular weight excluding hydrogens is 292 g/mol. The van der Waals surface area contributed by atoms with E-state index in [9.17, 15) is 0 Å². The van der Waals surface area contributed by atoms with Crippen molar-refractivity contribution in [2.45, 2.75) is 32.4 Å². The number of nitrogens with one attached hydrogen (secondary N) is 1. The number of aliphatic carboxylic acids is 2. The number of hydrogen-bond donors (Lipinski definition) is 3. The molecule has 1 fully saturated rings. The van der Waals surface area contributed by atoms with Crippen LogP contribution in [0.15, 0.2) is 17.5 Å². The van der Waals surface area contributed by atoms with E-state index in [1.165, 1.54) is 30.8 Å². The first kappa shape index (κ1) is 17.6. The third kappa shape index (κ3) is 6.70. The van der Waals surface area contributed by atoms with Crippen LogP contribution in [0.25, 0.3) is 0 Å². The smallest absolute Gasteiger partial charge is 0.414 e. The van der Waals surface area contributed by atoms with E-state index in [0.717, 1.165) is 19.1 Å². The van der Waals surface area contributed by atoms with E-state index in [1.807, 2.05) is 11.3 Å². The molecule has 0 radical (unpaired) electrons. The van der Waals surface area contributed by atoms with E-state index in [2.05, 4.69) is 34.7 Å². The molecule has 7 heteroatoms. The van der Waals surface area contributed by atoms with Crippen molar-refractivity contribution in [3.63, 3.8) is 0 Å². The van der Waals surface area contributed by atoms with Crippen molar-refractivity contribution in [3.05, 3.63) is 22.4 Å². The minimum absolute atomic E-state index is 0.773. The Morgan fingerprint density at radius 2 is 2.14 bits per heavy atom. The summed E-state index contributed by atoms with van der Waals surface area (Å²) in [5.41, 5.74) is 0. The first-order valence-corrected chi connectivity index (χ1v) is 7.86. The zero-order chi connectivity index (χ0) is 15.7. The zero-order valence-electron chi connectivity index (χ0n) is 12.1. The predicted molar refractivity (Wildman–Crippen MR) is 81.6 cm³/mol. The fraction of sp³-hybridized carbons (Fsp3) is 0.571. The Bertz CT molecular complexity index is 424. The maximum Gasteiger partial charge on any atom is 0.414 e. The summed E-state index contributed by atoms with van der Waals surface area (Å²) >= 11 is 1.84. The number of thiophene rings is 1. The topological polar surface area (TPSA) is 89.9 Å². The molecule has 0 spiro atoms. The van der Waals surface area contributed by atoms with Crippen molar-refractivity contribution in [1.29, 1.82) is 0 Å². The number of carboxylic acid groups (broad SMARTS) is 2. The molecule has 21 heavy (non-hydrogen) atoms. The largest absolute Gasteiger partial charge is 0.473 e. The van der Waals surface area contributed by atoms with Gasteiger partial charge in [-0.15, -0.1) is 11.3 Å². The van der Waals surface area contributed by atoms with Crippen LogP contribution in [0, 0.1) is 0 Å². The molecule has 2 rings (SSSR count). The molecule has 0 aromatic carbocycles. The Morgan fingerprint density at radius 3 is 2.67 bits per heavy atom. The Balaban J connectivity index is 0.000000315. The SMILES string of the molecule is CCN1CCCC1CNCc1cccs1.O=C(O)C(=O)O. The summed E-state index contributed by atoms with van der Waals surface area (Å²) in [6.07, 6.45) is 2.74. The van der Waals surface area contributed by atoms with Crippen LogP contribution in [0.1, 0.15) is 24.6 Å². The highest BCUT2D eigenvalue weighted by Gasteiger charge is 2.21. The molecule has 0 amide bonds. The van der Waals surface area contributed by atoms with Gasteiger partial charge in [0.05, 0.1) is 0 Å². The van der Waals surface area contributed by atoms with Gasteiger partial charge in [0.15, 0.2) is 0 Å². The molecule has 1 aromatic rings. The molecule has 1 saturated heterocycles. The Labute approximate surface area is 128 Å². The number of carboxylic acids is 2. The summed E-state index contributed by atoms with van der Waals surface area (Å²) in [6, 6.07) is 5.09. The minimum Gasteiger partial charge on any atom is -0.473 e. The Hall–Kier alpha value is -1.44. The monoisotopic (exact) mass is 314 g/mol. The summed E-state index contributed by atoms with van der Waals surface area (Å²) in [6.45, 7) is 6.93. The van der Waals surface area contributed by atoms with Crippen LogP contribution in [0.2, 0.25) is 0 Å². The van der Waals surface area contributed by atoms with Crippen LogP contribution in [-0.2, 0) is 16.1 Å². The standard InChI is InChI=1S/C12H20N2S.C2H2O4/c1-2-14-7-3-5-11(14)9-13-10-12-6-4-8-15-12;3-1(4)2(5)6/h4,6,8,11,13H,2-3,5,7,9-10H2,1H3;(H,3,4)(H,5,6). The van der Waals surface area contributed by atoms with Crippen molar-refractivity contribution < 1.29 is 19.8 Å². The molecule has 1 aliphatic rings. The molecule has 1 aliphatic heterocycles. The highest BCUT2D eigenvalue weighted by molar-refractivity contribution is 7.09. The second kappa shape index (κ2) is 9.49. The van der Waals surface area contributed by atoms with Gasteiger partial charge in [0, 0.05) is 24.0 Å². The lowest BCUT2D eigenvalue weighted by Crippen LogP contribution is -2.37. The van der Waals surface area contributed by atoms with Gasteiger partial charge in [0.1, 0.15) is 0 Å². The molecular formula is C14H22N2O4S. The van der Waals surface area contributed by atoms with E-state index >= 15 is 0 Å². The normalized spacial score (nSPS) is 18.0. The lowest BCUT2D eigenvalue weighted by atomic mass is 10.2. The number of rotatable bonds is 5. The van der Waals surface area contributed by atoms with E-state index < -0.39 is 11.9 Å². The molecule has 6 nitrogen and oxygen atoms in total. The van der Waals surface area contributed by atoms with Gasteiger partial charge >= 0.3 is 11.9 Å². The van der Waals surface area contributed by atoms with E-state index in [-0.39, 0.29) is 0 Å². The van der Waals surface area contributed by atoms with Crippen LogP contribution in [-0.4, -0.2) is 52.7 Å². The Kier molecular flexibility index (Phi) is 7.96. The van der Waals surface area contributed by atoms with Gasteiger partial charge in [-0.2, -0.15) is 0 Å². The van der Waals surface area contributed by atoms with Crippen LogP contribution >= 0.6 is 11.3 Å². The molecule has 118 valence electrons. The van der Waals surface area contributed by atoms with E-state index in [1.54, 1.807) is 0 Å². The zero-order valence-corrected chi connectivity index (χ0v) is 12.9. The molecule has 0 aliphatic carbocycles. The summed E-state index contributed by atoms with van der Waals surface area (Å²) in [4.78, 5) is 22.2. The minimum atomic E-state index is -1.82. The number of hydrogen-bond acceptors (Lipinski definition) is 5. The lowest BCUT2D eigenvalue weighted by Gasteiger charge is -2.22. The maximum absolute atomic E-state index is 9.10. The highest BCUT2D eigenvalue weighted by atomic mass is 32.1. The highest BCUT2D eigenvalue weighted by Crippen LogP contribution is 2.16. The fourth-order valence-corrected chi connectivity index (χ4v) is 2.99. The second-order valence-corrected chi connectivity index (χ2v) is 5.78. The number of likely N-dealkylation sites (N-methyl/N-ethyl adjacent to an activating group) is 1. The van der Waals surface area contributed by atoms with Crippen molar-refractivity contribution in [3.8, 4) is 0 Å². The quantitative estimate of drug-likeness (QED) is 0.713. The van der Waals surface area contributed by atoms with Crippen molar-refractivity contribution in [1.82, 2.24) is 10.2 Å². The molecule has 0 saturated carbocycles. The lowest BCUT2D eigenvalue weighted by molar-refractivity contribution is -0.159. The van der Waals surface area contributed by atoms with Crippen LogP contribution < -0.4 is 5.32 Å². The van der Waals surface area contributed by atoms with E-state index in [4.69, 9.17) is 19.8 Å². The first-order valence-electron chi connectivity index (χ1n) is 6.98. The van der Waals surface area contributed by atoms with Gasteiger partial charge in [0.25, 0.3) is 0 Å². The predicted octanol–water partition coefficient (Wildman–Crippen LogP) is 1.48. The van der Waals surface area contributed by atoms with Crippen molar-refractivity contribution in [2.75, 3.05) is 19.6 Å². The van der Waals surface area contributed by atoms with Gasteiger partial charge in [-0.1, -0.05) is 13.0 Å². The van der Waals surface area contributed by atoms with Crippen LogP contribution in [0.4, 0.5) is 0 Å². The van der Waals surface area contributed by atoms with Gasteiger partial charge < -0.3 is 15.5 Å². The van der Waals surface area contributed by atoms with Crippen molar-refractivity contribution >= 4 is 23.3 Å². The average molecular weight is 314 g/mol.